The van der Waals surface area contributed by atoms with Gasteiger partial charge >= 0.3 is 0 Å². The molecule has 168 valence electrons. The van der Waals surface area contributed by atoms with Crippen molar-refractivity contribution in [3.8, 4) is 11.5 Å². The summed E-state index contributed by atoms with van der Waals surface area (Å²) >= 11 is 0. The van der Waals surface area contributed by atoms with Crippen molar-refractivity contribution < 1.29 is 22.7 Å². The molecule has 0 spiro atoms. The van der Waals surface area contributed by atoms with Crippen LogP contribution in [-0.2, 0) is 16.6 Å². The van der Waals surface area contributed by atoms with Gasteiger partial charge in [-0.25, -0.2) is 13.1 Å². The van der Waals surface area contributed by atoms with Crippen LogP contribution >= 0.6 is 0 Å². The number of carbonyl (C=O) groups is 1. The van der Waals surface area contributed by atoms with E-state index in [2.05, 4.69) is 4.72 Å². The minimum absolute atomic E-state index is 0.0437. The largest absolute Gasteiger partial charge is 0.497 e. The van der Waals surface area contributed by atoms with Gasteiger partial charge in [-0.05, 0) is 48.0 Å². The lowest BCUT2D eigenvalue weighted by Crippen LogP contribution is -2.31. The van der Waals surface area contributed by atoms with Gasteiger partial charge in [0.05, 0.1) is 18.6 Å². The Morgan fingerprint density at radius 3 is 2.31 bits per heavy atom. The first-order chi connectivity index (χ1) is 15.4. The first-order valence-electron chi connectivity index (χ1n) is 10.0. The van der Waals surface area contributed by atoms with Crippen LogP contribution in [0.2, 0.25) is 0 Å². The number of hydrogen-bond acceptors (Lipinski definition) is 5. The average molecular weight is 455 g/mol. The number of rotatable bonds is 10. The van der Waals surface area contributed by atoms with Crippen molar-refractivity contribution in [2.45, 2.75) is 11.4 Å². The number of amides is 1. The Bertz CT molecular complexity index is 1130. The Balaban J connectivity index is 1.58. The molecule has 0 aliphatic heterocycles. The van der Waals surface area contributed by atoms with Crippen LogP contribution in [0.15, 0.2) is 83.8 Å². The van der Waals surface area contributed by atoms with Gasteiger partial charge < -0.3 is 14.4 Å². The lowest BCUT2D eigenvalue weighted by Gasteiger charge is -2.18. The molecule has 3 aromatic carbocycles. The third-order valence-electron chi connectivity index (χ3n) is 4.80. The number of nitrogens with one attached hydrogen (secondary N) is 1. The van der Waals surface area contributed by atoms with E-state index in [1.54, 1.807) is 50.6 Å². The smallest absolute Gasteiger partial charge is 0.253 e. The zero-order valence-corrected chi connectivity index (χ0v) is 18.8. The summed E-state index contributed by atoms with van der Waals surface area (Å²) in [6, 6.07) is 22.4. The molecule has 1 N–H and O–H groups in total. The zero-order chi connectivity index (χ0) is 23.0. The first kappa shape index (κ1) is 23.3. The normalized spacial score (nSPS) is 11.1. The van der Waals surface area contributed by atoms with Gasteiger partial charge in [0.25, 0.3) is 5.91 Å². The molecule has 0 aromatic heterocycles. The predicted molar refractivity (Wildman–Crippen MR) is 122 cm³/mol. The van der Waals surface area contributed by atoms with Gasteiger partial charge in [-0.1, -0.05) is 36.4 Å². The molecule has 3 rings (SSSR count). The fourth-order valence-corrected chi connectivity index (χ4v) is 4.01. The molecule has 3 aromatic rings. The second-order valence-electron chi connectivity index (χ2n) is 7.09. The molecule has 8 heteroatoms. The number of methoxy groups -OCH3 is 1. The summed E-state index contributed by atoms with van der Waals surface area (Å²) in [5.74, 6) is 1.12. The second kappa shape index (κ2) is 10.8. The maximum absolute atomic E-state index is 12.8. The highest BCUT2D eigenvalue weighted by atomic mass is 32.2. The third-order valence-corrected chi connectivity index (χ3v) is 6.20. The Morgan fingerprint density at radius 1 is 0.938 bits per heavy atom. The molecule has 0 fully saturated rings. The summed E-state index contributed by atoms with van der Waals surface area (Å²) in [5, 5.41) is 0. The van der Waals surface area contributed by atoms with Crippen LogP contribution in [0.3, 0.4) is 0 Å². The summed E-state index contributed by atoms with van der Waals surface area (Å²) in [4.78, 5) is 14.3. The topological polar surface area (TPSA) is 84.9 Å². The average Bonchev–Trinajstić information content (AvgIpc) is 2.83. The van der Waals surface area contributed by atoms with Gasteiger partial charge in [-0.3, -0.25) is 4.79 Å². The molecule has 0 aliphatic carbocycles. The van der Waals surface area contributed by atoms with Crippen molar-refractivity contribution in [2.75, 3.05) is 27.3 Å². The van der Waals surface area contributed by atoms with Crippen LogP contribution in [0.5, 0.6) is 11.5 Å². The van der Waals surface area contributed by atoms with Gasteiger partial charge in [-0.2, -0.15) is 0 Å². The quantitative estimate of drug-likeness (QED) is 0.508. The number of carbonyl (C=O) groups excluding carboxylic acids is 1. The van der Waals surface area contributed by atoms with E-state index in [0.717, 1.165) is 11.3 Å². The molecule has 7 nitrogen and oxygen atoms in total. The van der Waals surface area contributed by atoms with E-state index in [1.165, 1.54) is 17.0 Å². The highest BCUT2D eigenvalue weighted by Crippen LogP contribution is 2.17. The number of sulfonamides is 1. The minimum atomic E-state index is -3.75. The molecule has 0 bridgehead atoms. The monoisotopic (exact) mass is 454 g/mol. The van der Waals surface area contributed by atoms with E-state index in [4.69, 9.17) is 9.47 Å². The lowest BCUT2D eigenvalue weighted by molar-refractivity contribution is 0.0773. The first-order valence-corrected chi connectivity index (χ1v) is 11.5. The van der Waals surface area contributed by atoms with Crippen LogP contribution in [0.1, 0.15) is 15.9 Å². The van der Waals surface area contributed by atoms with Gasteiger partial charge in [0.15, 0.2) is 0 Å². The van der Waals surface area contributed by atoms with E-state index in [9.17, 15) is 13.2 Å². The van der Waals surface area contributed by atoms with Crippen molar-refractivity contribution in [3.05, 3.63) is 90.0 Å². The SMILES string of the molecule is COc1ccc(OCCN(C)C(=O)c2cccc(S(=O)(=O)NCc3ccccc3)c2)cc1. The molecule has 0 unspecified atom stereocenters. The minimum Gasteiger partial charge on any atom is -0.497 e. The molecular weight excluding hydrogens is 428 g/mol. The fraction of sp³-hybridized carbons (Fsp3) is 0.208. The number of likely N-dealkylation sites (N-methyl/N-ethyl adjacent to an activating group) is 1. The van der Waals surface area contributed by atoms with Gasteiger partial charge in [-0.15, -0.1) is 0 Å². The van der Waals surface area contributed by atoms with E-state index in [-0.39, 0.29) is 17.3 Å². The standard InChI is InChI=1S/C24H26N2O5S/c1-26(15-16-31-22-13-11-21(30-2)12-14-22)24(27)20-9-6-10-23(17-20)32(28,29)25-18-19-7-4-3-5-8-19/h3-14,17,25H,15-16,18H2,1-2H3. The number of hydrogen-bond donors (Lipinski definition) is 1. The van der Waals surface area contributed by atoms with Gasteiger partial charge in [0, 0.05) is 19.2 Å². The summed E-state index contributed by atoms with van der Waals surface area (Å²) < 4.78 is 38.7. The van der Waals surface area contributed by atoms with Crippen LogP contribution in [0.4, 0.5) is 0 Å². The molecule has 0 saturated heterocycles. The molecule has 0 heterocycles. The maximum Gasteiger partial charge on any atom is 0.253 e. The molecule has 0 saturated carbocycles. The number of ether oxygens (including phenoxy) is 2. The van der Waals surface area contributed by atoms with Crippen LogP contribution in [-0.4, -0.2) is 46.5 Å². The van der Waals surface area contributed by atoms with Crippen LogP contribution in [0, 0.1) is 0 Å². The molecule has 0 radical (unpaired) electrons. The second-order valence-corrected chi connectivity index (χ2v) is 8.86. The molecule has 1 amide bonds. The summed E-state index contributed by atoms with van der Waals surface area (Å²) in [6.07, 6.45) is 0. The number of nitrogens with zero attached hydrogens (tertiary/aromatic N) is 1. The van der Waals surface area contributed by atoms with Gasteiger partial charge in [0.1, 0.15) is 18.1 Å². The van der Waals surface area contributed by atoms with E-state index >= 15 is 0 Å². The summed E-state index contributed by atoms with van der Waals surface area (Å²) in [5.41, 5.74) is 1.14. The Hall–Kier alpha value is -3.36. The predicted octanol–water partition coefficient (Wildman–Crippen LogP) is 3.32. The van der Waals surface area contributed by atoms with Crippen LogP contribution in [0.25, 0.3) is 0 Å². The Morgan fingerprint density at radius 2 is 1.62 bits per heavy atom. The summed E-state index contributed by atoms with van der Waals surface area (Å²) in [7, 11) is -0.514. The number of benzene rings is 3. The van der Waals surface area contributed by atoms with E-state index < -0.39 is 10.0 Å². The van der Waals surface area contributed by atoms with Crippen LogP contribution < -0.4 is 14.2 Å². The van der Waals surface area contributed by atoms with E-state index in [0.29, 0.717) is 24.5 Å². The molecule has 0 atom stereocenters. The lowest BCUT2D eigenvalue weighted by atomic mass is 10.2. The van der Waals surface area contributed by atoms with Crippen molar-refractivity contribution in [3.63, 3.8) is 0 Å². The molecular formula is C24H26N2O5S. The molecule has 32 heavy (non-hydrogen) atoms. The Labute approximate surface area is 188 Å². The maximum atomic E-state index is 12.8. The van der Waals surface area contributed by atoms with Crippen molar-refractivity contribution in [1.82, 2.24) is 9.62 Å². The Kier molecular flexibility index (Phi) is 7.86. The zero-order valence-electron chi connectivity index (χ0n) is 18.0. The van der Waals surface area contributed by atoms with Crippen molar-refractivity contribution >= 4 is 15.9 Å². The fourth-order valence-electron chi connectivity index (χ4n) is 2.95. The highest BCUT2D eigenvalue weighted by Gasteiger charge is 2.18. The van der Waals surface area contributed by atoms with Gasteiger partial charge in [0.2, 0.25) is 10.0 Å². The van der Waals surface area contributed by atoms with E-state index in [1.807, 2.05) is 30.3 Å². The van der Waals surface area contributed by atoms with Crippen molar-refractivity contribution in [1.29, 1.82) is 0 Å². The highest BCUT2D eigenvalue weighted by molar-refractivity contribution is 7.89. The van der Waals surface area contributed by atoms with Crippen molar-refractivity contribution in [2.24, 2.45) is 0 Å². The molecule has 0 aliphatic rings. The summed E-state index contributed by atoms with van der Waals surface area (Å²) in [6.45, 7) is 0.809. The third kappa shape index (κ3) is 6.32.